The monoisotopic (exact) mass is 205 g/mol. The van der Waals surface area contributed by atoms with Crippen molar-refractivity contribution in [1.29, 1.82) is 0 Å². The number of nitrogens with two attached hydrogens (primary N) is 1. The Bertz CT molecular complexity index is 289. The number of rotatable bonds is 2. The average molecular weight is 205 g/mol. The Morgan fingerprint density at radius 2 is 1.67 bits per heavy atom. The summed E-state index contributed by atoms with van der Waals surface area (Å²) in [6, 6.07) is 10.4. The maximum atomic E-state index is 6.37. The minimum absolute atomic E-state index is 0.155. The smallest absolute Gasteiger partial charge is 0.0448 e. The number of hydrogen-bond donors (Lipinski definition) is 3. The van der Waals surface area contributed by atoms with Gasteiger partial charge in [-0.25, -0.2) is 0 Å². The van der Waals surface area contributed by atoms with E-state index in [-0.39, 0.29) is 5.54 Å². The Morgan fingerprint density at radius 3 is 2.27 bits per heavy atom. The van der Waals surface area contributed by atoms with Gasteiger partial charge in [-0.15, -0.1) is 0 Å². The van der Waals surface area contributed by atoms with E-state index in [0.717, 1.165) is 32.6 Å². The van der Waals surface area contributed by atoms with Crippen molar-refractivity contribution >= 4 is 0 Å². The summed E-state index contributed by atoms with van der Waals surface area (Å²) in [5, 5.41) is 6.74. The van der Waals surface area contributed by atoms with E-state index in [1.807, 2.05) is 6.07 Å². The molecule has 0 radical (unpaired) electrons. The lowest BCUT2D eigenvalue weighted by Crippen LogP contribution is -2.54. The number of nitrogens with one attached hydrogen (secondary N) is 2. The molecule has 3 heteroatoms. The lowest BCUT2D eigenvalue weighted by molar-refractivity contribution is 0.406. The molecule has 2 rings (SSSR count). The van der Waals surface area contributed by atoms with Gasteiger partial charge in [-0.05, 0) is 12.0 Å². The van der Waals surface area contributed by atoms with Crippen LogP contribution in [-0.2, 0) is 6.42 Å². The highest BCUT2D eigenvalue weighted by Gasteiger charge is 2.26. The van der Waals surface area contributed by atoms with Crippen LogP contribution in [0.4, 0.5) is 0 Å². The van der Waals surface area contributed by atoms with Crippen LogP contribution in [0.15, 0.2) is 30.3 Å². The van der Waals surface area contributed by atoms with Crippen LogP contribution in [0.2, 0.25) is 0 Å². The van der Waals surface area contributed by atoms with Gasteiger partial charge in [-0.2, -0.15) is 0 Å². The van der Waals surface area contributed by atoms with Crippen LogP contribution in [0.5, 0.6) is 0 Å². The molecular weight excluding hydrogens is 186 g/mol. The van der Waals surface area contributed by atoms with Crippen molar-refractivity contribution in [3.05, 3.63) is 35.9 Å². The van der Waals surface area contributed by atoms with Crippen LogP contribution in [0.3, 0.4) is 0 Å². The molecule has 0 saturated carbocycles. The van der Waals surface area contributed by atoms with Crippen LogP contribution in [0.25, 0.3) is 0 Å². The van der Waals surface area contributed by atoms with Crippen molar-refractivity contribution in [3.8, 4) is 0 Å². The fourth-order valence-electron chi connectivity index (χ4n) is 2.04. The van der Waals surface area contributed by atoms with Gasteiger partial charge in [0, 0.05) is 31.7 Å². The largest absolute Gasteiger partial charge is 0.323 e. The van der Waals surface area contributed by atoms with Gasteiger partial charge < -0.3 is 16.4 Å². The Morgan fingerprint density at radius 1 is 1.07 bits per heavy atom. The van der Waals surface area contributed by atoms with Gasteiger partial charge in [-0.1, -0.05) is 30.3 Å². The molecule has 1 aromatic rings. The Labute approximate surface area is 91.1 Å². The highest BCUT2D eigenvalue weighted by molar-refractivity contribution is 5.18. The molecule has 1 heterocycles. The van der Waals surface area contributed by atoms with E-state index in [1.165, 1.54) is 5.56 Å². The van der Waals surface area contributed by atoms with Crippen molar-refractivity contribution in [2.45, 2.75) is 12.0 Å². The fraction of sp³-hybridized carbons (Fsp3) is 0.500. The second kappa shape index (κ2) is 4.75. The normalized spacial score (nSPS) is 20.9. The number of hydrogen-bond acceptors (Lipinski definition) is 3. The molecule has 0 spiro atoms. The number of benzene rings is 1. The third-order valence-electron chi connectivity index (χ3n) is 2.83. The van der Waals surface area contributed by atoms with Crippen molar-refractivity contribution in [2.24, 2.45) is 5.73 Å². The van der Waals surface area contributed by atoms with E-state index in [0.29, 0.717) is 0 Å². The molecule has 0 bridgehead atoms. The van der Waals surface area contributed by atoms with Crippen LogP contribution in [0.1, 0.15) is 5.56 Å². The topological polar surface area (TPSA) is 50.1 Å². The van der Waals surface area contributed by atoms with E-state index < -0.39 is 0 Å². The second-order valence-electron chi connectivity index (χ2n) is 4.38. The molecule has 0 aromatic heterocycles. The molecule has 0 atom stereocenters. The molecular formula is C12H19N3. The summed E-state index contributed by atoms with van der Waals surface area (Å²) in [4.78, 5) is 0. The van der Waals surface area contributed by atoms with Crippen LogP contribution >= 0.6 is 0 Å². The van der Waals surface area contributed by atoms with Crippen molar-refractivity contribution in [3.63, 3.8) is 0 Å². The van der Waals surface area contributed by atoms with Crippen LogP contribution in [-0.4, -0.2) is 31.7 Å². The summed E-state index contributed by atoms with van der Waals surface area (Å²) in [6.45, 7) is 3.78. The van der Waals surface area contributed by atoms with Gasteiger partial charge in [0.1, 0.15) is 0 Å². The fourth-order valence-corrected chi connectivity index (χ4v) is 2.04. The Balaban J connectivity index is 2.02. The maximum absolute atomic E-state index is 6.37. The average Bonchev–Trinajstić information content (AvgIpc) is 2.45. The standard InChI is InChI=1S/C12H19N3/c13-12(9-14-6-7-15-10-12)8-11-4-2-1-3-5-11/h1-5,14-15H,6-10,13H2. The summed E-state index contributed by atoms with van der Waals surface area (Å²) in [6.07, 6.45) is 0.924. The predicted molar refractivity (Wildman–Crippen MR) is 62.8 cm³/mol. The first-order chi connectivity index (χ1) is 7.29. The molecule has 1 saturated heterocycles. The molecule has 1 fully saturated rings. The van der Waals surface area contributed by atoms with E-state index in [9.17, 15) is 0 Å². The van der Waals surface area contributed by atoms with E-state index >= 15 is 0 Å². The molecule has 3 nitrogen and oxygen atoms in total. The quantitative estimate of drug-likeness (QED) is 0.643. The van der Waals surface area contributed by atoms with Crippen molar-refractivity contribution in [1.82, 2.24) is 10.6 Å². The van der Waals surface area contributed by atoms with E-state index in [4.69, 9.17) is 5.73 Å². The lowest BCUT2D eigenvalue weighted by atomic mass is 9.92. The van der Waals surface area contributed by atoms with Gasteiger partial charge in [0.15, 0.2) is 0 Å². The van der Waals surface area contributed by atoms with E-state index in [1.54, 1.807) is 0 Å². The first-order valence-corrected chi connectivity index (χ1v) is 5.53. The molecule has 82 valence electrons. The van der Waals surface area contributed by atoms with Gasteiger partial charge in [0.2, 0.25) is 0 Å². The van der Waals surface area contributed by atoms with Gasteiger partial charge in [0.05, 0.1) is 0 Å². The Kier molecular flexibility index (Phi) is 3.36. The molecule has 1 aliphatic rings. The van der Waals surface area contributed by atoms with Crippen LogP contribution < -0.4 is 16.4 Å². The summed E-state index contributed by atoms with van der Waals surface area (Å²) in [7, 11) is 0. The molecule has 4 N–H and O–H groups in total. The summed E-state index contributed by atoms with van der Waals surface area (Å²) < 4.78 is 0. The zero-order valence-electron chi connectivity index (χ0n) is 9.00. The predicted octanol–water partition coefficient (Wildman–Crippen LogP) is 0.119. The molecule has 1 aliphatic heterocycles. The summed E-state index contributed by atoms with van der Waals surface area (Å²) >= 11 is 0. The third kappa shape index (κ3) is 3.02. The lowest BCUT2D eigenvalue weighted by Gasteiger charge is -2.28. The van der Waals surface area contributed by atoms with Crippen LogP contribution in [0, 0.1) is 0 Å². The zero-order chi connectivity index (χ0) is 10.6. The van der Waals surface area contributed by atoms with Gasteiger partial charge in [0.25, 0.3) is 0 Å². The zero-order valence-corrected chi connectivity index (χ0v) is 9.00. The SMILES string of the molecule is NC1(Cc2ccccc2)CNCCNC1. The highest BCUT2D eigenvalue weighted by Crippen LogP contribution is 2.10. The van der Waals surface area contributed by atoms with Gasteiger partial charge >= 0.3 is 0 Å². The van der Waals surface area contributed by atoms with Gasteiger partial charge in [-0.3, -0.25) is 0 Å². The first-order valence-electron chi connectivity index (χ1n) is 5.53. The molecule has 1 aromatic carbocycles. The minimum atomic E-state index is -0.155. The maximum Gasteiger partial charge on any atom is 0.0448 e. The summed E-state index contributed by atoms with van der Waals surface area (Å²) in [5.41, 5.74) is 7.52. The molecule has 0 unspecified atom stereocenters. The second-order valence-corrected chi connectivity index (χ2v) is 4.38. The molecule has 15 heavy (non-hydrogen) atoms. The van der Waals surface area contributed by atoms with E-state index in [2.05, 4.69) is 34.9 Å². The minimum Gasteiger partial charge on any atom is -0.323 e. The van der Waals surface area contributed by atoms with Crippen molar-refractivity contribution in [2.75, 3.05) is 26.2 Å². The summed E-state index contributed by atoms with van der Waals surface area (Å²) in [5.74, 6) is 0. The first kappa shape index (κ1) is 10.6. The Hall–Kier alpha value is -0.900. The molecule has 0 aliphatic carbocycles. The third-order valence-corrected chi connectivity index (χ3v) is 2.83. The van der Waals surface area contributed by atoms with Crippen molar-refractivity contribution < 1.29 is 0 Å². The highest BCUT2D eigenvalue weighted by atomic mass is 15.0. The molecule has 0 amide bonds.